The first kappa shape index (κ1) is 29.9. The average Bonchev–Trinajstić information content (AvgIpc) is 3.59. The van der Waals surface area contributed by atoms with E-state index < -0.39 is 57.6 Å². The van der Waals surface area contributed by atoms with Gasteiger partial charge in [0.25, 0.3) is 0 Å². The number of benzene rings is 5. The molecule has 0 aliphatic rings. The molecular formula is C46H35F2IrN3Te-2. The van der Waals surface area contributed by atoms with E-state index in [0.29, 0.717) is 22.5 Å². The Labute approximate surface area is 342 Å². The fourth-order valence-electron chi connectivity index (χ4n) is 6.13. The average molecular weight is 995 g/mol. The molecule has 0 bridgehead atoms. The molecule has 0 fully saturated rings. The maximum absolute atomic E-state index is 13.2. The summed E-state index contributed by atoms with van der Waals surface area (Å²) < 4.78 is 86.8. The van der Waals surface area contributed by atoms with Crippen LogP contribution >= 0.6 is 0 Å². The number of hydrogen-bond donors (Lipinski definition) is 0. The monoisotopic (exact) mass is 997 g/mol. The van der Waals surface area contributed by atoms with Gasteiger partial charge in [0.05, 0.1) is 0 Å². The van der Waals surface area contributed by atoms with E-state index in [-0.39, 0.29) is 47.9 Å². The van der Waals surface area contributed by atoms with Crippen LogP contribution in [-0.4, -0.2) is 30.4 Å². The van der Waals surface area contributed by atoms with Crippen molar-refractivity contribution in [2.75, 3.05) is 0 Å². The van der Waals surface area contributed by atoms with Crippen molar-refractivity contribution in [3.8, 4) is 39.7 Å². The van der Waals surface area contributed by atoms with Gasteiger partial charge in [0.15, 0.2) is 0 Å². The smallest absolute Gasteiger partial charge is 0 e. The topological polar surface area (TPSA) is 49.6 Å². The Hall–Kier alpha value is -4.55. The van der Waals surface area contributed by atoms with Crippen molar-refractivity contribution in [1.29, 1.82) is 5.26 Å². The zero-order chi connectivity index (χ0) is 42.4. The molecule has 3 heterocycles. The molecule has 0 spiro atoms. The minimum Gasteiger partial charge on any atom is 0 e. The molecule has 3 aromatic heterocycles. The summed E-state index contributed by atoms with van der Waals surface area (Å²) in [4.78, 5) is 8.56. The molecule has 0 saturated heterocycles. The summed E-state index contributed by atoms with van der Waals surface area (Å²) in [5.41, 5.74) is 3.20. The summed E-state index contributed by atoms with van der Waals surface area (Å²) in [7, 11) is 0. The van der Waals surface area contributed by atoms with Crippen LogP contribution in [0.1, 0.15) is 52.6 Å². The minimum absolute atomic E-state index is 0. The van der Waals surface area contributed by atoms with E-state index in [9.17, 15) is 14.0 Å². The Morgan fingerprint density at radius 3 is 2.36 bits per heavy atom. The molecule has 0 aliphatic carbocycles. The van der Waals surface area contributed by atoms with Gasteiger partial charge in [-0.05, 0) is 11.8 Å². The molecule has 0 aliphatic heterocycles. The van der Waals surface area contributed by atoms with Gasteiger partial charge < -0.3 is 4.98 Å². The van der Waals surface area contributed by atoms with Gasteiger partial charge >= 0.3 is 245 Å². The van der Waals surface area contributed by atoms with Crippen molar-refractivity contribution >= 4 is 48.8 Å². The molecule has 0 amide bonds. The number of fused-ring (bicyclic) bond motifs is 5. The minimum atomic E-state index is -2.55. The molecule has 1 radical (unpaired) electrons. The number of aryl methyl sites for hydroxylation is 2. The molecule has 53 heavy (non-hydrogen) atoms. The van der Waals surface area contributed by atoms with Crippen LogP contribution in [0.3, 0.4) is 0 Å². The normalized spacial score (nSPS) is 14.2. The third-order valence-electron chi connectivity index (χ3n) is 8.42. The van der Waals surface area contributed by atoms with E-state index >= 15 is 0 Å². The van der Waals surface area contributed by atoms with Gasteiger partial charge in [-0.1, -0.05) is 23.8 Å². The number of halogens is 2. The van der Waals surface area contributed by atoms with E-state index in [1.807, 2.05) is 51.1 Å². The number of aromatic nitrogens is 2. The molecule has 0 N–H and O–H groups in total. The molecule has 1 atom stereocenters. The maximum atomic E-state index is 13.2. The fraction of sp³-hybridized carbons (Fsp3) is 0.152. The van der Waals surface area contributed by atoms with Crippen LogP contribution < -0.4 is 0 Å². The molecular weight excluding hydrogens is 952 g/mol. The number of nitrogens with zero attached hydrogens (tertiary/aromatic N) is 3. The standard InChI is InChI=1S/C35H29N2Te.C11H6F2N.Ir/c1-21-15-23(18-35(3,4)5)10-13-26(21)30-17-32(37-20-22(30)2)29-8-6-7-27-28-14-12-25-11-9-24(19-36)16-31(25)34(28)38-33(27)29;12-8-4-5-9(10(13)7-8)11-3-1-2-6-14-11;/h6-7,9-17,20H,18H2,1-5H3;1-4,6-7H;/q2*-1;/i1D3,2D3,18D;;. The van der Waals surface area contributed by atoms with E-state index in [1.54, 1.807) is 42.6 Å². The molecule has 8 aromatic rings. The summed E-state index contributed by atoms with van der Waals surface area (Å²) in [6, 6.07) is 35.5. The van der Waals surface area contributed by atoms with Crippen LogP contribution in [0.2, 0.25) is 0 Å². The number of hydrogen-bond acceptors (Lipinski definition) is 3. The van der Waals surface area contributed by atoms with Crippen molar-refractivity contribution in [1.82, 2.24) is 9.97 Å². The summed E-state index contributed by atoms with van der Waals surface area (Å²) in [6.45, 7) is 0.694. The second-order valence-corrected chi connectivity index (χ2v) is 16.3. The van der Waals surface area contributed by atoms with Crippen molar-refractivity contribution in [2.45, 2.75) is 40.9 Å². The van der Waals surface area contributed by atoms with Crippen molar-refractivity contribution < 1.29 is 38.5 Å². The Morgan fingerprint density at radius 2 is 1.62 bits per heavy atom. The third-order valence-corrected chi connectivity index (χ3v) is 12.0. The van der Waals surface area contributed by atoms with Gasteiger partial charge in [-0.25, -0.2) is 0 Å². The first-order chi connectivity index (χ1) is 27.8. The number of rotatable bonds is 4. The second-order valence-electron chi connectivity index (χ2n) is 13.4. The number of nitriles is 1. The van der Waals surface area contributed by atoms with Gasteiger partial charge in [-0.15, -0.1) is 12.1 Å². The van der Waals surface area contributed by atoms with Crippen LogP contribution in [0.5, 0.6) is 0 Å². The van der Waals surface area contributed by atoms with Crippen LogP contribution in [-0.2, 0) is 26.5 Å². The van der Waals surface area contributed by atoms with Gasteiger partial charge in [0.2, 0.25) is 0 Å². The summed E-state index contributed by atoms with van der Waals surface area (Å²) in [6.07, 6.45) is 2.21. The van der Waals surface area contributed by atoms with Crippen LogP contribution in [0.25, 0.3) is 62.0 Å². The first-order valence-electron chi connectivity index (χ1n) is 20.0. The van der Waals surface area contributed by atoms with Crippen LogP contribution in [0.15, 0.2) is 109 Å². The van der Waals surface area contributed by atoms with E-state index in [2.05, 4.69) is 40.3 Å². The Balaban J connectivity index is 0.000000340. The zero-order valence-corrected chi connectivity index (χ0v) is 33.5. The molecule has 3 nitrogen and oxygen atoms in total. The fourth-order valence-corrected chi connectivity index (χ4v) is 9.93. The van der Waals surface area contributed by atoms with E-state index in [0.717, 1.165) is 42.6 Å². The Kier molecular flexibility index (Phi) is 8.91. The van der Waals surface area contributed by atoms with Gasteiger partial charge in [0.1, 0.15) is 0 Å². The third kappa shape index (κ3) is 8.18. The van der Waals surface area contributed by atoms with Gasteiger partial charge in [-0.2, -0.15) is 0 Å². The number of pyridine rings is 2. The molecule has 7 heteroatoms. The Bertz CT molecular complexity index is 2920. The summed E-state index contributed by atoms with van der Waals surface area (Å²) in [5.74, 6) is -1.29. The predicted octanol–water partition coefficient (Wildman–Crippen LogP) is 11.6. The molecule has 265 valence electrons. The van der Waals surface area contributed by atoms with Crippen LogP contribution in [0, 0.1) is 54.2 Å². The Morgan fingerprint density at radius 1 is 0.811 bits per heavy atom. The zero-order valence-electron chi connectivity index (χ0n) is 35.8. The van der Waals surface area contributed by atoms with Crippen molar-refractivity contribution in [3.63, 3.8) is 0 Å². The van der Waals surface area contributed by atoms with E-state index in [1.165, 1.54) is 15.7 Å². The van der Waals surface area contributed by atoms with E-state index in [4.69, 9.17) is 9.60 Å². The summed E-state index contributed by atoms with van der Waals surface area (Å²) in [5, 5.41) is 13.8. The van der Waals surface area contributed by atoms with Crippen molar-refractivity contribution in [3.05, 3.63) is 155 Å². The predicted molar refractivity (Wildman–Crippen MR) is 209 cm³/mol. The molecule has 5 aromatic carbocycles. The summed E-state index contributed by atoms with van der Waals surface area (Å²) >= 11 is -0.947. The van der Waals surface area contributed by atoms with Crippen LogP contribution in [0.4, 0.5) is 8.78 Å². The van der Waals surface area contributed by atoms with Crippen molar-refractivity contribution in [2.24, 2.45) is 5.41 Å². The van der Waals surface area contributed by atoms with Gasteiger partial charge in [-0.3, -0.25) is 8.78 Å². The second kappa shape index (κ2) is 15.8. The molecule has 1 unspecified atom stereocenters. The van der Waals surface area contributed by atoms with Gasteiger partial charge in [0, 0.05) is 37.9 Å². The molecule has 8 rings (SSSR count). The quantitative estimate of drug-likeness (QED) is 0.130. The first-order valence-corrected chi connectivity index (χ1v) is 18.7. The SMILES string of the molecule is Fc1c[c-]c(-c2ccccn2)c(F)c1.[2H]C(c1ccc(-c2cc(-c3[c-]ccc4c3[te]c3c5cc(C#N)ccc5ccc43)ncc2C([2H])([2H])[2H])c(C([2H])([2H])[2H])c1)C(C)(C)C.[Ir]. The molecule has 0 saturated carbocycles.